The standard InChI is InChI=1S/C17H18ClN3O5S/c1-4-25-12-9-10(8-11(18)15(12)24-3)6-7-13(22)19-16-14(20-21-27-16)17(23)26-5-2/h6-9H,4-5H2,1-3H3,(H,19,22)/b7-6+. The van der Waals surface area contributed by atoms with Crippen molar-refractivity contribution in [2.75, 3.05) is 25.6 Å². The lowest BCUT2D eigenvalue weighted by molar-refractivity contribution is -0.111. The van der Waals surface area contributed by atoms with Gasteiger partial charge in [0.25, 0.3) is 0 Å². The topological polar surface area (TPSA) is 99.6 Å². The zero-order valence-corrected chi connectivity index (χ0v) is 16.5. The normalized spacial score (nSPS) is 10.7. The van der Waals surface area contributed by atoms with E-state index >= 15 is 0 Å². The number of esters is 1. The second kappa shape index (κ2) is 9.89. The number of ether oxygens (including phenoxy) is 3. The first-order valence-corrected chi connectivity index (χ1v) is 9.14. The van der Waals surface area contributed by atoms with E-state index in [2.05, 4.69) is 14.9 Å². The summed E-state index contributed by atoms with van der Waals surface area (Å²) in [4.78, 5) is 23.9. The molecule has 1 heterocycles. The molecule has 0 aliphatic carbocycles. The van der Waals surface area contributed by atoms with Crippen LogP contribution in [0.25, 0.3) is 6.08 Å². The highest BCUT2D eigenvalue weighted by atomic mass is 35.5. The Kier molecular flexibility index (Phi) is 7.56. The molecule has 0 saturated carbocycles. The zero-order valence-electron chi connectivity index (χ0n) is 14.9. The molecule has 27 heavy (non-hydrogen) atoms. The fourth-order valence-electron chi connectivity index (χ4n) is 2.08. The number of hydrogen-bond acceptors (Lipinski definition) is 8. The number of aromatic nitrogens is 2. The number of carbonyl (C=O) groups is 2. The lowest BCUT2D eigenvalue weighted by atomic mass is 10.2. The van der Waals surface area contributed by atoms with Crippen LogP contribution in [0.5, 0.6) is 11.5 Å². The summed E-state index contributed by atoms with van der Waals surface area (Å²) in [6.45, 7) is 4.15. The van der Waals surface area contributed by atoms with Gasteiger partial charge in [-0.05, 0) is 37.6 Å². The third kappa shape index (κ3) is 5.41. The fraction of sp³-hybridized carbons (Fsp3) is 0.294. The molecule has 0 aliphatic heterocycles. The van der Waals surface area contributed by atoms with Crippen LogP contribution in [0.2, 0.25) is 5.02 Å². The molecule has 2 aromatic rings. The van der Waals surface area contributed by atoms with Gasteiger partial charge >= 0.3 is 5.97 Å². The van der Waals surface area contributed by atoms with Gasteiger partial charge in [-0.3, -0.25) is 4.79 Å². The molecule has 0 atom stereocenters. The first-order chi connectivity index (χ1) is 13.0. The molecule has 1 N–H and O–H groups in total. The predicted molar refractivity (Wildman–Crippen MR) is 103 cm³/mol. The number of carbonyl (C=O) groups excluding carboxylic acids is 2. The van der Waals surface area contributed by atoms with Gasteiger partial charge in [-0.1, -0.05) is 16.1 Å². The summed E-state index contributed by atoms with van der Waals surface area (Å²) < 4.78 is 19.2. The van der Waals surface area contributed by atoms with Crippen LogP contribution in [0, 0.1) is 0 Å². The van der Waals surface area contributed by atoms with Crippen molar-refractivity contribution in [2.45, 2.75) is 13.8 Å². The molecule has 0 bridgehead atoms. The van der Waals surface area contributed by atoms with Gasteiger partial charge in [-0.15, -0.1) is 5.10 Å². The molecule has 0 aliphatic rings. The van der Waals surface area contributed by atoms with Crippen molar-refractivity contribution in [1.82, 2.24) is 9.59 Å². The second-order valence-electron chi connectivity index (χ2n) is 4.96. The Balaban J connectivity index is 2.14. The summed E-state index contributed by atoms with van der Waals surface area (Å²) >= 11 is 7.07. The number of halogens is 1. The van der Waals surface area contributed by atoms with Crippen molar-refractivity contribution in [1.29, 1.82) is 0 Å². The zero-order chi connectivity index (χ0) is 19.8. The molecule has 144 valence electrons. The minimum absolute atomic E-state index is 0.0327. The third-order valence-electron chi connectivity index (χ3n) is 3.16. The van der Waals surface area contributed by atoms with Gasteiger partial charge in [0.05, 0.1) is 25.3 Å². The Hall–Kier alpha value is -2.65. The number of amides is 1. The second-order valence-corrected chi connectivity index (χ2v) is 6.12. The molecule has 1 aromatic heterocycles. The number of nitrogens with one attached hydrogen (secondary N) is 1. The van der Waals surface area contributed by atoms with E-state index in [1.807, 2.05) is 6.92 Å². The summed E-state index contributed by atoms with van der Waals surface area (Å²) in [5.41, 5.74) is 0.613. The molecule has 0 unspecified atom stereocenters. The third-order valence-corrected chi connectivity index (χ3v) is 4.08. The van der Waals surface area contributed by atoms with Crippen LogP contribution in [0.3, 0.4) is 0 Å². The summed E-state index contributed by atoms with van der Waals surface area (Å²) in [6.07, 6.45) is 2.85. The molecule has 1 aromatic carbocycles. The quantitative estimate of drug-likeness (QED) is 0.524. The van der Waals surface area contributed by atoms with E-state index in [1.54, 1.807) is 25.1 Å². The summed E-state index contributed by atoms with van der Waals surface area (Å²) in [5.74, 6) is -0.205. The van der Waals surface area contributed by atoms with Gasteiger partial charge < -0.3 is 19.5 Å². The van der Waals surface area contributed by atoms with E-state index < -0.39 is 11.9 Å². The number of nitrogens with zero attached hydrogens (tertiary/aromatic N) is 2. The van der Waals surface area contributed by atoms with Gasteiger partial charge in [-0.25, -0.2) is 4.79 Å². The van der Waals surface area contributed by atoms with Crippen LogP contribution >= 0.6 is 23.1 Å². The van der Waals surface area contributed by atoms with E-state index in [1.165, 1.54) is 13.2 Å². The van der Waals surface area contributed by atoms with Gasteiger partial charge in [-0.2, -0.15) is 0 Å². The van der Waals surface area contributed by atoms with Crippen molar-refractivity contribution in [3.8, 4) is 11.5 Å². The molecule has 8 nitrogen and oxygen atoms in total. The molecule has 0 radical (unpaired) electrons. The maximum atomic E-state index is 12.1. The first-order valence-electron chi connectivity index (χ1n) is 7.99. The molecule has 1 amide bonds. The van der Waals surface area contributed by atoms with E-state index in [0.717, 1.165) is 11.5 Å². The highest BCUT2D eigenvalue weighted by Crippen LogP contribution is 2.36. The first kappa shape index (κ1) is 20.7. The number of rotatable bonds is 8. The Labute approximate surface area is 165 Å². The van der Waals surface area contributed by atoms with E-state index in [9.17, 15) is 9.59 Å². The molecular formula is C17H18ClN3O5S. The largest absolute Gasteiger partial charge is 0.491 e. The Morgan fingerprint density at radius 2 is 2.07 bits per heavy atom. The van der Waals surface area contributed by atoms with Crippen molar-refractivity contribution in [3.63, 3.8) is 0 Å². The van der Waals surface area contributed by atoms with Crippen LogP contribution in [0.1, 0.15) is 29.9 Å². The summed E-state index contributed by atoms with van der Waals surface area (Å²) in [7, 11) is 1.50. The van der Waals surface area contributed by atoms with E-state index in [0.29, 0.717) is 28.7 Å². The van der Waals surface area contributed by atoms with E-state index in [4.69, 9.17) is 25.8 Å². The van der Waals surface area contributed by atoms with Gasteiger partial charge in [0.1, 0.15) is 0 Å². The smallest absolute Gasteiger partial charge is 0.362 e. The summed E-state index contributed by atoms with van der Waals surface area (Å²) in [6, 6.07) is 3.35. The monoisotopic (exact) mass is 411 g/mol. The van der Waals surface area contributed by atoms with Gasteiger partial charge in [0, 0.05) is 17.6 Å². The Bertz CT molecular complexity index is 853. The van der Waals surface area contributed by atoms with Crippen LogP contribution in [-0.2, 0) is 9.53 Å². The van der Waals surface area contributed by atoms with Crippen LogP contribution in [0.15, 0.2) is 18.2 Å². The van der Waals surface area contributed by atoms with Crippen LogP contribution < -0.4 is 14.8 Å². The average molecular weight is 412 g/mol. The number of methoxy groups -OCH3 is 1. The highest BCUT2D eigenvalue weighted by molar-refractivity contribution is 7.10. The SMILES string of the molecule is CCOC(=O)c1nnsc1NC(=O)/C=C/c1cc(Cl)c(OC)c(OCC)c1. The Morgan fingerprint density at radius 3 is 2.74 bits per heavy atom. The minimum Gasteiger partial charge on any atom is -0.491 e. The number of anilines is 1. The Morgan fingerprint density at radius 1 is 1.30 bits per heavy atom. The lowest BCUT2D eigenvalue weighted by Gasteiger charge is -2.11. The number of hydrogen-bond donors (Lipinski definition) is 1. The van der Waals surface area contributed by atoms with Gasteiger partial charge in [0.2, 0.25) is 11.6 Å². The predicted octanol–water partition coefficient (Wildman–Crippen LogP) is 3.43. The van der Waals surface area contributed by atoms with E-state index in [-0.39, 0.29) is 17.3 Å². The maximum absolute atomic E-state index is 12.1. The molecular weight excluding hydrogens is 394 g/mol. The highest BCUT2D eigenvalue weighted by Gasteiger charge is 2.18. The molecule has 2 rings (SSSR count). The average Bonchev–Trinajstić information content (AvgIpc) is 3.08. The molecule has 0 saturated heterocycles. The number of benzene rings is 1. The van der Waals surface area contributed by atoms with Crippen LogP contribution in [0.4, 0.5) is 5.00 Å². The molecule has 0 fully saturated rings. The lowest BCUT2D eigenvalue weighted by Crippen LogP contribution is -2.12. The van der Waals surface area contributed by atoms with Crippen molar-refractivity contribution in [3.05, 3.63) is 34.5 Å². The molecule has 10 heteroatoms. The summed E-state index contributed by atoms with van der Waals surface area (Å²) in [5, 5.41) is 6.81. The van der Waals surface area contributed by atoms with Crippen molar-refractivity contribution >= 4 is 46.1 Å². The van der Waals surface area contributed by atoms with Crippen molar-refractivity contribution in [2.24, 2.45) is 0 Å². The van der Waals surface area contributed by atoms with Crippen molar-refractivity contribution < 1.29 is 23.8 Å². The fourth-order valence-corrected chi connectivity index (χ4v) is 2.93. The minimum atomic E-state index is -0.645. The maximum Gasteiger partial charge on any atom is 0.362 e. The molecule has 0 spiro atoms. The van der Waals surface area contributed by atoms with Gasteiger partial charge in [0.15, 0.2) is 16.5 Å². The van der Waals surface area contributed by atoms with Crippen LogP contribution in [-0.4, -0.2) is 41.8 Å².